The standard InChI is InChI=1S/C21H27FN4O3/c1-11(24(2)3)12-6-7-25(10-12)17-9-16-14(8-15(17)22)19(27)18(21(28)29)20(23)26(16)13-4-5-13/h8-9,11-13H,4-7,10,23H2,1-3H3,(H,28,29). The number of carboxylic acid groups (broad SMARTS) is 1. The summed E-state index contributed by atoms with van der Waals surface area (Å²) in [7, 11) is 4.09. The Morgan fingerprint density at radius 2 is 2.00 bits per heavy atom. The van der Waals surface area contributed by atoms with Gasteiger partial charge in [-0.25, -0.2) is 9.18 Å². The zero-order valence-corrected chi connectivity index (χ0v) is 17.0. The number of benzene rings is 1. The highest BCUT2D eigenvalue weighted by Gasteiger charge is 2.33. The number of fused-ring (bicyclic) bond motifs is 1. The average molecular weight is 402 g/mol. The van der Waals surface area contributed by atoms with Crippen molar-refractivity contribution in [3.8, 4) is 0 Å². The smallest absolute Gasteiger partial charge is 0.343 e. The van der Waals surface area contributed by atoms with Crippen LogP contribution in [0.25, 0.3) is 10.9 Å². The fraction of sp³-hybridized carbons (Fsp3) is 0.524. The Morgan fingerprint density at radius 1 is 1.31 bits per heavy atom. The van der Waals surface area contributed by atoms with E-state index in [0.717, 1.165) is 32.4 Å². The molecule has 1 aromatic carbocycles. The number of carboxylic acids is 1. The van der Waals surface area contributed by atoms with Gasteiger partial charge in [-0.1, -0.05) is 0 Å². The van der Waals surface area contributed by atoms with Crippen LogP contribution in [-0.4, -0.2) is 53.8 Å². The molecule has 156 valence electrons. The normalized spacial score (nSPS) is 20.6. The van der Waals surface area contributed by atoms with Gasteiger partial charge < -0.3 is 25.2 Å². The summed E-state index contributed by atoms with van der Waals surface area (Å²) in [6, 6.07) is 3.28. The topological polar surface area (TPSA) is 91.8 Å². The van der Waals surface area contributed by atoms with Crippen LogP contribution in [0, 0.1) is 11.7 Å². The van der Waals surface area contributed by atoms with E-state index in [0.29, 0.717) is 23.2 Å². The molecular weight excluding hydrogens is 375 g/mol. The molecule has 29 heavy (non-hydrogen) atoms. The van der Waals surface area contributed by atoms with E-state index in [1.54, 1.807) is 10.6 Å². The number of hydrogen-bond donors (Lipinski definition) is 2. The molecule has 0 bridgehead atoms. The predicted molar refractivity (Wildman–Crippen MR) is 111 cm³/mol. The van der Waals surface area contributed by atoms with Crippen LogP contribution in [0.4, 0.5) is 15.9 Å². The summed E-state index contributed by atoms with van der Waals surface area (Å²) in [5, 5.41) is 9.53. The zero-order valence-electron chi connectivity index (χ0n) is 17.0. The molecule has 2 unspecified atom stereocenters. The van der Waals surface area contributed by atoms with Crippen LogP contribution >= 0.6 is 0 Å². The number of pyridine rings is 1. The van der Waals surface area contributed by atoms with Crippen molar-refractivity contribution in [1.82, 2.24) is 9.47 Å². The van der Waals surface area contributed by atoms with Crippen molar-refractivity contribution in [2.24, 2.45) is 5.92 Å². The molecule has 2 heterocycles. The van der Waals surface area contributed by atoms with Gasteiger partial charge in [-0.15, -0.1) is 0 Å². The number of carbonyl (C=O) groups is 1. The Kier molecular flexibility index (Phi) is 4.77. The van der Waals surface area contributed by atoms with Crippen LogP contribution < -0.4 is 16.1 Å². The Balaban J connectivity index is 1.83. The van der Waals surface area contributed by atoms with Gasteiger partial charge in [0.25, 0.3) is 0 Å². The van der Waals surface area contributed by atoms with Crippen LogP contribution in [0.3, 0.4) is 0 Å². The number of rotatable bonds is 5. The highest BCUT2D eigenvalue weighted by molar-refractivity contribution is 5.98. The molecule has 1 saturated heterocycles. The third kappa shape index (κ3) is 3.25. The van der Waals surface area contributed by atoms with E-state index in [2.05, 4.69) is 11.8 Å². The number of aromatic carboxylic acids is 1. The molecule has 1 aliphatic carbocycles. The first-order valence-electron chi connectivity index (χ1n) is 10.0. The van der Waals surface area contributed by atoms with Gasteiger partial charge in [0, 0.05) is 30.6 Å². The minimum atomic E-state index is -1.38. The summed E-state index contributed by atoms with van der Waals surface area (Å²) in [5.41, 5.74) is 5.86. The zero-order chi connectivity index (χ0) is 21.0. The first kappa shape index (κ1) is 19.7. The van der Waals surface area contributed by atoms with Crippen LogP contribution in [0.1, 0.15) is 42.6 Å². The van der Waals surface area contributed by atoms with Crippen molar-refractivity contribution < 1.29 is 14.3 Å². The Labute approximate surface area is 168 Å². The second-order valence-electron chi connectivity index (χ2n) is 8.52. The van der Waals surface area contributed by atoms with Crippen LogP contribution in [0.5, 0.6) is 0 Å². The van der Waals surface area contributed by atoms with Crippen LogP contribution in [-0.2, 0) is 0 Å². The minimum absolute atomic E-state index is 0.0458. The van der Waals surface area contributed by atoms with Crippen molar-refractivity contribution in [2.45, 2.75) is 38.3 Å². The lowest BCUT2D eigenvalue weighted by atomic mass is 10.00. The summed E-state index contributed by atoms with van der Waals surface area (Å²) in [4.78, 5) is 28.5. The molecule has 0 spiro atoms. The van der Waals surface area contributed by atoms with Crippen molar-refractivity contribution in [2.75, 3.05) is 37.8 Å². The van der Waals surface area contributed by atoms with Gasteiger partial charge in [0.2, 0.25) is 5.43 Å². The number of nitrogen functional groups attached to an aromatic ring is 1. The second-order valence-corrected chi connectivity index (χ2v) is 8.52. The van der Waals surface area contributed by atoms with Crippen molar-refractivity contribution in [3.05, 3.63) is 33.7 Å². The van der Waals surface area contributed by atoms with Crippen LogP contribution in [0.2, 0.25) is 0 Å². The Hall–Kier alpha value is -2.61. The van der Waals surface area contributed by atoms with Crippen molar-refractivity contribution >= 4 is 28.4 Å². The van der Waals surface area contributed by atoms with E-state index in [4.69, 9.17) is 5.73 Å². The van der Waals surface area contributed by atoms with E-state index in [-0.39, 0.29) is 17.2 Å². The van der Waals surface area contributed by atoms with Crippen LogP contribution in [0.15, 0.2) is 16.9 Å². The fourth-order valence-electron chi connectivity index (χ4n) is 4.43. The van der Waals surface area contributed by atoms with E-state index >= 15 is 4.39 Å². The molecule has 1 aliphatic heterocycles. The quantitative estimate of drug-likeness (QED) is 0.799. The molecule has 4 rings (SSSR count). The SMILES string of the molecule is CC(C1CCN(c2cc3c(cc2F)c(=O)c(C(=O)O)c(N)n3C2CC2)C1)N(C)C. The molecule has 2 aliphatic rings. The van der Waals surface area contributed by atoms with Gasteiger partial charge in [-0.2, -0.15) is 0 Å². The number of aromatic nitrogens is 1. The fourth-order valence-corrected chi connectivity index (χ4v) is 4.43. The molecular formula is C21H27FN4O3. The van der Waals surface area contributed by atoms with Gasteiger partial charge >= 0.3 is 5.97 Å². The molecule has 2 fully saturated rings. The lowest BCUT2D eigenvalue weighted by Gasteiger charge is -2.27. The monoisotopic (exact) mass is 402 g/mol. The van der Waals surface area contributed by atoms with E-state index in [9.17, 15) is 14.7 Å². The lowest BCUT2D eigenvalue weighted by Crippen LogP contribution is -2.34. The second kappa shape index (κ2) is 7.02. The average Bonchev–Trinajstić information content (AvgIpc) is 3.36. The number of hydrogen-bond acceptors (Lipinski definition) is 5. The largest absolute Gasteiger partial charge is 0.477 e. The maximum absolute atomic E-state index is 15.0. The summed E-state index contributed by atoms with van der Waals surface area (Å²) in [6.07, 6.45) is 2.69. The highest BCUT2D eigenvalue weighted by Crippen LogP contribution is 2.41. The number of halogens is 1. The Morgan fingerprint density at radius 3 is 2.59 bits per heavy atom. The maximum Gasteiger partial charge on any atom is 0.343 e. The third-order valence-corrected chi connectivity index (χ3v) is 6.50. The van der Waals surface area contributed by atoms with E-state index in [1.807, 2.05) is 19.0 Å². The Bertz CT molecular complexity index is 1040. The van der Waals surface area contributed by atoms with Gasteiger partial charge in [-0.05, 0) is 58.3 Å². The molecule has 7 nitrogen and oxygen atoms in total. The summed E-state index contributed by atoms with van der Waals surface area (Å²) in [5.74, 6) is -1.51. The first-order chi connectivity index (χ1) is 13.7. The molecule has 8 heteroatoms. The summed E-state index contributed by atoms with van der Waals surface area (Å²) in [6.45, 7) is 3.64. The molecule has 2 aromatic rings. The van der Waals surface area contributed by atoms with E-state index in [1.165, 1.54) is 6.07 Å². The molecule has 3 N–H and O–H groups in total. The number of anilines is 2. The third-order valence-electron chi connectivity index (χ3n) is 6.50. The molecule has 0 radical (unpaired) electrons. The number of nitrogens with zero attached hydrogens (tertiary/aromatic N) is 3. The lowest BCUT2D eigenvalue weighted by molar-refractivity contribution is 0.0696. The highest BCUT2D eigenvalue weighted by atomic mass is 19.1. The van der Waals surface area contributed by atoms with Gasteiger partial charge in [0.1, 0.15) is 17.2 Å². The van der Waals surface area contributed by atoms with Crippen molar-refractivity contribution in [3.63, 3.8) is 0 Å². The summed E-state index contributed by atoms with van der Waals surface area (Å²) < 4.78 is 16.7. The predicted octanol–water partition coefficient (Wildman–Crippen LogP) is 2.53. The van der Waals surface area contributed by atoms with Crippen molar-refractivity contribution in [1.29, 1.82) is 0 Å². The van der Waals surface area contributed by atoms with Gasteiger partial charge in [0.15, 0.2) is 0 Å². The van der Waals surface area contributed by atoms with Gasteiger partial charge in [-0.3, -0.25) is 4.79 Å². The molecule has 0 amide bonds. The minimum Gasteiger partial charge on any atom is -0.477 e. The number of nitrogens with two attached hydrogens (primary N) is 1. The molecule has 2 atom stereocenters. The first-order valence-corrected chi connectivity index (χ1v) is 10.0. The summed E-state index contributed by atoms with van der Waals surface area (Å²) >= 11 is 0. The molecule has 1 aromatic heterocycles. The van der Waals surface area contributed by atoms with E-state index < -0.39 is 22.8 Å². The molecule has 1 saturated carbocycles. The maximum atomic E-state index is 15.0. The van der Waals surface area contributed by atoms with Gasteiger partial charge in [0.05, 0.1) is 11.2 Å².